The predicted octanol–water partition coefficient (Wildman–Crippen LogP) is 3.92. The summed E-state index contributed by atoms with van der Waals surface area (Å²) in [5, 5.41) is 2.93. The summed E-state index contributed by atoms with van der Waals surface area (Å²) in [5.74, 6) is -1.05. The molecule has 0 aliphatic carbocycles. The lowest BCUT2D eigenvalue weighted by Gasteiger charge is -2.09. The van der Waals surface area contributed by atoms with Crippen molar-refractivity contribution in [2.24, 2.45) is 0 Å². The van der Waals surface area contributed by atoms with Crippen LogP contribution in [0.1, 0.15) is 12.5 Å². The van der Waals surface area contributed by atoms with E-state index in [2.05, 4.69) is 10.3 Å². The van der Waals surface area contributed by atoms with E-state index < -0.39 is 11.6 Å². The van der Waals surface area contributed by atoms with E-state index in [4.69, 9.17) is 16.3 Å². The van der Waals surface area contributed by atoms with Crippen molar-refractivity contribution in [3.8, 4) is 11.6 Å². The van der Waals surface area contributed by atoms with Crippen molar-refractivity contribution in [1.29, 1.82) is 0 Å². The molecule has 0 aliphatic rings. The average Bonchev–Trinajstić information content (AvgIpc) is 2.44. The number of rotatable bonds is 5. The molecule has 0 fully saturated rings. The number of halogens is 3. The SMILES string of the molecule is CCNCc1ccnc(Oc2ccc(F)c(Cl)c2)c1F. The second kappa shape index (κ2) is 6.63. The zero-order chi connectivity index (χ0) is 14.5. The minimum atomic E-state index is -0.562. The van der Waals surface area contributed by atoms with Crippen molar-refractivity contribution >= 4 is 11.6 Å². The smallest absolute Gasteiger partial charge is 0.256 e. The van der Waals surface area contributed by atoms with E-state index in [0.29, 0.717) is 12.1 Å². The molecule has 1 heterocycles. The molecule has 0 saturated carbocycles. The number of aromatic nitrogens is 1. The van der Waals surface area contributed by atoms with Gasteiger partial charge in [0, 0.05) is 24.4 Å². The lowest BCUT2D eigenvalue weighted by atomic mass is 10.2. The van der Waals surface area contributed by atoms with Gasteiger partial charge in [0.05, 0.1) is 5.02 Å². The van der Waals surface area contributed by atoms with Gasteiger partial charge in [-0.05, 0) is 24.7 Å². The van der Waals surface area contributed by atoms with Crippen LogP contribution < -0.4 is 10.1 Å². The van der Waals surface area contributed by atoms with Crippen LogP contribution in [0.4, 0.5) is 8.78 Å². The summed E-state index contributed by atoms with van der Waals surface area (Å²) in [5.41, 5.74) is 0.449. The minimum absolute atomic E-state index is 0.0910. The van der Waals surface area contributed by atoms with E-state index in [0.717, 1.165) is 12.6 Å². The number of pyridine rings is 1. The zero-order valence-electron chi connectivity index (χ0n) is 10.8. The highest BCUT2D eigenvalue weighted by atomic mass is 35.5. The lowest BCUT2D eigenvalue weighted by Crippen LogP contribution is -2.13. The van der Waals surface area contributed by atoms with Crippen LogP contribution in [0, 0.1) is 11.6 Å². The van der Waals surface area contributed by atoms with E-state index in [1.165, 1.54) is 18.3 Å². The molecule has 20 heavy (non-hydrogen) atoms. The Morgan fingerprint density at radius 1 is 1.30 bits per heavy atom. The number of hydrogen-bond donors (Lipinski definition) is 1. The summed E-state index contributed by atoms with van der Waals surface area (Å²) in [6, 6.07) is 5.36. The average molecular weight is 299 g/mol. The molecule has 0 saturated heterocycles. The predicted molar refractivity (Wildman–Crippen MR) is 73.1 cm³/mol. The normalized spacial score (nSPS) is 10.6. The Morgan fingerprint density at radius 3 is 2.80 bits per heavy atom. The molecule has 0 unspecified atom stereocenters. The highest BCUT2D eigenvalue weighted by Crippen LogP contribution is 2.27. The van der Waals surface area contributed by atoms with Gasteiger partial charge in [0.15, 0.2) is 5.82 Å². The Hall–Kier alpha value is -1.72. The second-order valence-corrected chi connectivity index (χ2v) is 4.45. The van der Waals surface area contributed by atoms with Gasteiger partial charge in [-0.1, -0.05) is 18.5 Å². The molecular formula is C14H13ClF2N2O. The summed E-state index contributed by atoms with van der Waals surface area (Å²) < 4.78 is 32.5. The zero-order valence-corrected chi connectivity index (χ0v) is 11.5. The molecule has 106 valence electrons. The van der Waals surface area contributed by atoms with Gasteiger partial charge in [0.25, 0.3) is 5.88 Å². The number of ether oxygens (including phenoxy) is 1. The number of nitrogens with one attached hydrogen (secondary N) is 1. The molecule has 2 rings (SSSR count). The van der Waals surface area contributed by atoms with E-state index in [9.17, 15) is 8.78 Å². The molecule has 0 aliphatic heterocycles. The molecule has 1 aromatic heterocycles. The van der Waals surface area contributed by atoms with Gasteiger partial charge in [0.2, 0.25) is 0 Å². The van der Waals surface area contributed by atoms with Crippen molar-refractivity contribution in [2.75, 3.05) is 6.54 Å². The highest BCUT2D eigenvalue weighted by Gasteiger charge is 2.12. The molecule has 0 spiro atoms. The Kier molecular flexibility index (Phi) is 4.87. The van der Waals surface area contributed by atoms with Crippen LogP contribution in [0.25, 0.3) is 0 Å². The van der Waals surface area contributed by atoms with Gasteiger partial charge in [-0.3, -0.25) is 0 Å². The van der Waals surface area contributed by atoms with Gasteiger partial charge < -0.3 is 10.1 Å². The summed E-state index contributed by atoms with van der Waals surface area (Å²) in [6.45, 7) is 3.04. The minimum Gasteiger partial charge on any atom is -0.436 e. The summed E-state index contributed by atoms with van der Waals surface area (Å²) in [6.07, 6.45) is 1.45. The molecule has 0 atom stereocenters. The molecule has 0 amide bonds. The van der Waals surface area contributed by atoms with Gasteiger partial charge >= 0.3 is 0 Å². The Morgan fingerprint density at radius 2 is 2.10 bits per heavy atom. The number of hydrogen-bond acceptors (Lipinski definition) is 3. The van der Waals surface area contributed by atoms with Gasteiger partial charge in [-0.25, -0.2) is 13.8 Å². The van der Waals surface area contributed by atoms with Crippen LogP contribution in [0.2, 0.25) is 5.02 Å². The first-order valence-electron chi connectivity index (χ1n) is 6.08. The van der Waals surface area contributed by atoms with Gasteiger partial charge in [-0.2, -0.15) is 0 Å². The maximum Gasteiger partial charge on any atom is 0.256 e. The fraction of sp³-hybridized carbons (Fsp3) is 0.214. The van der Waals surface area contributed by atoms with E-state index in [1.807, 2.05) is 6.92 Å². The molecule has 1 aromatic carbocycles. The third kappa shape index (κ3) is 3.43. The Bertz CT molecular complexity index is 608. The number of benzene rings is 1. The van der Waals surface area contributed by atoms with Crippen molar-refractivity contribution in [2.45, 2.75) is 13.5 Å². The molecule has 0 bridgehead atoms. The van der Waals surface area contributed by atoms with Crippen LogP contribution in [-0.2, 0) is 6.54 Å². The molecule has 2 aromatic rings. The first-order chi connectivity index (χ1) is 9.61. The van der Waals surface area contributed by atoms with E-state index >= 15 is 0 Å². The monoisotopic (exact) mass is 298 g/mol. The Balaban J connectivity index is 2.22. The maximum atomic E-state index is 14.1. The fourth-order valence-electron chi connectivity index (χ4n) is 1.58. The summed E-state index contributed by atoms with van der Waals surface area (Å²) in [4.78, 5) is 3.83. The summed E-state index contributed by atoms with van der Waals surface area (Å²) >= 11 is 5.64. The molecule has 3 nitrogen and oxygen atoms in total. The lowest BCUT2D eigenvalue weighted by molar-refractivity contribution is 0.417. The number of nitrogens with zero attached hydrogens (tertiary/aromatic N) is 1. The highest BCUT2D eigenvalue weighted by molar-refractivity contribution is 6.30. The molecule has 1 N–H and O–H groups in total. The van der Waals surface area contributed by atoms with Gasteiger partial charge in [-0.15, -0.1) is 0 Å². The largest absolute Gasteiger partial charge is 0.436 e. The van der Waals surface area contributed by atoms with Crippen LogP contribution in [-0.4, -0.2) is 11.5 Å². The topological polar surface area (TPSA) is 34.2 Å². The summed E-state index contributed by atoms with van der Waals surface area (Å²) in [7, 11) is 0. The van der Waals surface area contributed by atoms with Crippen LogP contribution in [0.15, 0.2) is 30.5 Å². The maximum absolute atomic E-state index is 14.1. The van der Waals surface area contributed by atoms with Crippen molar-refractivity contribution in [3.63, 3.8) is 0 Å². The van der Waals surface area contributed by atoms with E-state index in [-0.39, 0.29) is 16.7 Å². The van der Waals surface area contributed by atoms with Crippen molar-refractivity contribution in [1.82, 2.24) is 10.3 Å². The third-order valence-electron chi connectivity index (χ3n) is 2.61. The van der Waals surface area contributed by atoms with E-state index in [1.54, 1.807) is 6.07 Å². The van der Waals surface area contributed by atoms with Crippen LogP contribution in [0.3, 0.4) is 0 Å². The van der Waals surface area contributed by atoms with Crippen molar-refractivity contribution in [3.05, 3.63) is 52.7 Å². The first-order valence-corrected chi connectivity index (χ1v) is 6.46. The quantitative estimate of drug-likeness (QED) is 0.908. The van der Waals surface area contributed by atoms with Crippen molar-refractivity contribution < 1.29 is 13.5 Å². The molecular weight excluding hydrogens is 286 g/mol. The standard InChI is InChI=1S/C14H13ClF2N2O/c1-2-18-8-9-5-6-19-14(13(9)17)20-10-3-4-12(16)11(15)7-10/h3-7,18H,2,8H2,1H3. The molecule has 6 heteroatoms. The molecule has 0 radical (unpaired) electrons. The van der Waals surface area contributed by atoms with Crippen LogP contribution >= 0.6 is 11.6 Å². The fourth-order valence-corrected chi connectivity index (χ4v) is 1.75. The van der Waals surface area contributed by atoms with Crippen LogP contribution in [0.5, 0.6) is 11.6 Å². The second-order valence-electron chi connectivity index (χ2n) is 4.05. The van der Waals surface area contributed by atoms with Gasteiger partial charge in [0.1, 0.15) is 11.6 Å². The third-order valence-corrected chi connectivity index (χ3v) is 2.90. The first kappa shape index (κ1) is 14.7. The Labute approximate surface area is 120 Å².